The van der Waals surface area contributed by atoms with E-state index in [-0.39, 0.29) is 16.2 Å². The Morgan fingerprint density at radius 2 is 1.71 bits per heavy atom. The lowest BCUT2D eigenvalue weighted by Crippen LogP contribution is -2.57. The van der Waals surface area contributed by atoms with Crippen LogP contribution in [0.15, 0.2) is 35.9 Å². The molecule has 3 fully saturated rings. The second kappa shape index (κ2) is 9.55. The van der Waals surface area contributed by atoms with E-state index in [1.54, 1.807) is 0 Å². The van der Waals surface area contributed by atoms with Gasteiger partial charge in [-0.25, -0.2) is 0 Å². The summed E-state index contributed by atoms with van der Waals surface area (Å²) in [6, 6.07) is 9.34. The number of benzene rings is 1. The predicted molar refractivity (Wildman–Crippen MR) is 157 cm³/mol. The number of carbonyl (C=O) groups excluding carboxylic acids is 1. The van der Waals surface area contributed by atoms with E-state index in [0.29, 0.717) is 35.9 Å². The van der Waals surface area contributed by atoms with Crippen LogP contribution in [-0.4, -0.2) is 29.6 Å². The normalized spacial score (nSPS) is 38.3. The number of carbonyl (C=O) groups is 1. The van der Waals surface area contributed by atoms with Crippen molar-refractivity contribution < 1.29 is 9.90 Å². The molecule has 1 aromatic rings. The molecular weight excluding hydrogens is 466 g/mol. The monoisotopic (exact) mass is 515 g/mol. The molecule has 0 spiro atoms. The van der Waals surface area contributed by atoms with E-state index in [1.807, 2.05) is 6.08 Å². The molecule has 0 saturated heterocycles. The van der Waals surface area contributed by atoms with Crippen LogP contribution in [0, 0.1) is 45.8 Å². The molecule has 4 aliphatic rings. The van der Waals surface area contributed by atoms with Gasteiger partial charge in [-0.05, 0) is 126 Å². The van der Waals surface area contributed by atoms with Crippen molar-refractivity contribution in [2.45, 2.75) is 105 Å². The van der Waals surface area contributed by atoms with Crippen molar-refractivity contribution in [3.63, 3.8) is 0 Å². The number of hydrogen-bond donors (Lipinski definition) is 1. The summed E-state index contributed by atoms with van der Waals surface area (Å²) < 4.78 is 0. The van der Waals surface area contributed by atoms with E-state index < -0.39 is 5.60 Å². The fraction of sp³-hybridized carbons (Fsp3) is 0.686. The van der Waals surface area contributed by atoms with Crippen molar-refractivity contribution in [2.75, 3.05) is 18.0 Å². The summed E-state index contributed by atoms with van der Waals surface area (Å²) in [5.74, 6) is 9.04. The maximum atomic E-state index is 12.5. The van der Waals surface area contributed by atoms with Crippen LogP contribution in [0.3, 0.4) is 0 Å². The smallest absolute Gasteiger partial charge is 0.155 e. The van der Waals surface area contributed by atoms with Gasteiger partial charge >= 0.3 is 0 Å². The van der Waals surface area contributed by atoms with Gasteiger partial charge in [0.25, 0.3) is 0 Å². The zero-order chi connectivity index (χ0) is 27.5. The van der Waals surface area contributed by atoms with E-state index in [2.05, 4.69) is 89.5 Å². The fourth-order valence-corrected chi connectivity index (χ4v) is 9.09. The third-order valence-electron chi connectivity index (χ3n) is 11.2. The second-order valence-corrected chi connectivity index (χ2v) is 14.3. The minimum absolute atomic E-state index is 0.0537. The van der Waals surface area contributed by atoms with Crippen LogP contribution in [0.4, 0.5) is 5.69 Å². The molecule has 5 rings (SSSR count). The molecule has 1 N–H and O–H groups in total. The molecule has 0 heterocycles. The number of anilines is 1. The SMILES string of the molecule is CCN(CC)c1ccc([C@H]2C[C@@]3(C)[C@@H](CC[C@@]3(O)C#CC(C)(C)C)[C@@H]3CCC4=CC(=O)CC[C@]4(C)[C@H]32)cc1. The maximum absolute atomic E-state index is 12.5. The molecule has 0 amide bonds. The van der Waals surface area contributed by atoms with Crippen LogP contribution >= 0.6 is 0 Å². The van der Waals surface area contributed by atoms with Crippen LogP contribution in [0.2, 0.25) is 0 Å². The van der Waals surface area contributed by atoms with Crippen molar-refractivity contribution >= 4 is 11.5 Å². The molecule has 1 aromatic carbocycles. The standard InChI is InChI=1S/C35H49NO2/c1-8-36(9-2)26-13-10-24(11-14-26)29-23-34(7)30(17-19-35(34,38)21-20-32(3,4)5)28-15-12-25-22-27(37)16-18-33(25,6)31(28)29/h10-11,13-14,22,28-31,38H,8-9,12,15-19,23H2,1-7H3/t28-,29+,30-,31+,33-,34-,35+/m0/s1. The van der Waals surface area contributed by atoms with Gasteiger partial charge in [-0.3, -0.25) is 4.79 Å². The summed E-state index contributed by atoms with van der Waals surface area (Å²) in [5, 5.41) is 12.2. The Bertz CT molecular complexity index is 1160. The molecule has 0 bridgehead atoms. The fourth-order valence-electron chi connectivity index (χ4n) is 9.09. The first-order chi connectivity index (χ1) is 17.8. The molecule has 4 aliphatic carbocycles. The Morgan fingerprint density at radius 1 is 1.03 bits per heavy atom. The summed E-state index contributed by atoms with van der Waals surface area (Å²) in [6.07, 6.45) is 8.56. The topological polar surface area (TPSA) is 40.5 Å². The zero-order valence-electron chi connectivity index (χ0n) is 24.9. The van der Waals surface area contributed by atoms with E-state index in [1.165, 1.54) is 16.8 Å². The van der Waals surface area contributed by atoms with Crippen LogP contribution < -0.4 is 4.90 Å². The first-order valence-electron chi connectivity index (χ1n) is 15.2. The van der Waals surface area contributed by atoms with Gasteiger partial charge in [-0.15, -0.1) is 0 Å². The zero-order valence-corrected chi connectivity index (χ0v) is 24.9. The molecule has 3 heteroatoms. The van der Waals surface area contributed by atoms with Gasteiger partial charge in [-0.2, -0.15) is 0 Å². The number of ketones is 1. The molecule has 0 unspecified atom stereocenters. The van der Waals surface area contributed by atoms with Crippen LogP contribution in [0.1, 0.15) is 105 Å². The average molecular weight is 516 g/mol. The number of allylic oxidation sites excluding steroid dienone is 1. The lowest BCUT2D eigenvalue weighted by atomic mass is 9.43. The lowest BCUT2D eigenvalue weighted by molar-refractivity contribution is -0.122. The highest BCUT2D eigenvalue weighted by atomic mass is 16.3. The van der Waals surface area contributed by atoms with E-state index in [9.17, 15) is 9.90 Å². The second-order valence-electron chi connectivity index (χ2n) is 14.3. The molecule has 0 aliphatic heterocycles. The Hall–Kier alpha value is -2.05. The number of rotatable bonds is 4. The Morgan fingerprint density at radius 3 is 2.34 bits per heavy atom. The van der Waals surface area contributed by atoms with E-state index in [4.69, 9.17) is 0 Å². The molecule has 3 nitrogen and oxygen atoms in total. The number of nitrogens with zero attached hydrogens (tertiary/aromatic N) is 1. The van der Waals surface area contributed by atoms with Gasteiger partial charge in [0.2, 0.25) is 0 Å². The highest BCUT2D eigenvalue weighted by molar-refractivity contribution is 5.91. The molecule has 206 valence electrons. The Balaban J connectivity index is 1.61. The minimum Gasteiger partial charge on any atom is -0.377 e. The predicted octanol–water partition coefficient (Wildman–Crippen LogP) is 7.54. The minimum atomic E-state index is -0.950. The van der Waals surface area contributed by atoms with Crippen molar-refractivity contribution in [1.29, 1.82) is 0 Å². The van der Waals surface area contributed by atoms with Crippen molar-refractivity contribution in [3.8, 4) is 11.8 Å². The number of hydrogen-bond acceptors (Lipinski definition) is 3. The van der Waals surface area contributed by atoms with Crippen LogP contribution in [0.5, 0.6) is 0 Å². The molecule has 3 saturated carbocycles. The molecule has 0 aromatic heterocycles. The third-order valence-corrected chi connectivity index (χ3v) is 11.2. The lowest BCUT2D eigenvalue weighted by Gasteiger charge is -2.61. The van der Waals surface area contributed by atoms with Gasteiger partial charge in [0.15, 0.2) is 5.78 Å². The van der Waals surface area contributed by atoms with Gasteiger partial charge in [0.1, 0.15) is 5.60 Å². The first-order valence-corrected chi connectivity index (χ1v) is 15.2. The van der Waals surface area contributed by atoms with Crippen LogP contribution in [0.25, 0.3) is 0 Å². The average Bonchev–Trinajstić information content (AvgIpc) is 3.14. The third kappa shape index (κ3) is 4.36. The largest absolute Gasteiger partial charge is 0.377 e. The first kappa shape index (κ1) is 27.5. The van der Waals surface area contributed by atoms with E-state index >= 15 is 0 Å². The molecule has 7 atom stereocenters. The van der Waals surface area contributed by atoms with Gasteiger partial charge in [0, 0.05) is 36.0 Å². The number of fused-ring (bicyclic) bond motifs is 5. The molecular formula is C35H49NO2. The Labute approximate surface area is 231 Å². The van der Waals surface area contributed by atoms with Gasteiger partial charge in [0.05, 0.1) is 0 Å². The highest BCUT2D eigenvalue weighted by Crippen LogP contribution is 2.70. The summed E-state index contributed by atoms with van der Waals surface area (Å²) >= 11 is 0. The van der Waals surface area contributed by atoms with Crippen molar-refractivity contribution in [1.82, 2.24) is 0 Å². The Kier molecular flexibility index (Phi) is 6.91. The summed E-state index contributed by atoms with van der Waals surface area (Å²) in [6.45, 7) is 17.7. The molecule has 38 heavy (non-hydrogen) atoms. The molecule has 0 radical (unpaired) electrons. The van der Waals surface area contributed by atoms with Crippen molar-refractivity contribution in [2.24, 2.45) is 34.0 Å². The quantitative estimate of drug-likeness (QED) is 0.421. The van der Waals surface area contributed by atoms with Crippen LogP contribution in [-0.2, 0) is 4.79 Å². The number of aliphatic hydroxyl groups is 1. The summed E-state index contributed by atoms with van der Waals surface area (Å²) in [7, 11) is 0. The highest BCUT2D eigenvalue weighted by Gasteiger charge is 2.66. The van der Waals surface area contributed by atoms with Gasteiger partial charge in [-0.1, -0.05) is 43.4 Å². The summed E-state index contributed by atoms with van der Waals surface area (Å²) in [4.78, 5) is 14.9. The summed E-state index contributed by atoms with van der Waals surface area (Å²) in [5.41, 5.74) is 2.80. The maximum Gasteiger partial charge on any atom is 0.155 e. The van der Waals surface area contributed by atoms with Crippen molar-refractivity contribution in [3.05, 3.63) is 41.5 Å². The van der Waals surface area contributed by atoms with Gasteiger partial charge < -0.3 is 10.0 Å². The van der Waals surface area contributed by atoms with E-state index in [0.717, 1.165) is 51.6 Å².